The highest BCUT2D eigenvalue weighted by molar-refractivity contribution is 7.98. The molecule has 0 radical (unpaired) electrons. The summed E-state index contributed by atoms with van der Waals surface area (Å²) in [5.41, 5.74) is 8.07. The summed E-state index contributed by atoms with van der Waals surface area (Å²) < 4.78 is 0. The van der Waals surface area contributed by atoms with Crippen molar-refractivity contribution in [2.75, 3.05) is 18.5 Å². The van der Waals surface area contributed by atoms with Gasteiger partial charge in [0.1, 0.15) is 0 Å². The number of hydrogen-bond acceptors (Lipinski definition) is 3. The Kier molecular flexibility index (Phi) is 4.99. The lowest BCUT2D eigenvalue weighted by Gasteiger charge is -2.09. The maximum absolute atomic E-state index is 5.84. The molecule has 2 nitrogen and oxygen atoms in total. The van der Waals surface area contributed by atoms with E-state index in [-0.39, 0.29) is 0 Å². The van der Waals surface area contributed by atoms with E-state index >= 15 is 0 Å². The summed E-state index contributed by atoms with van der Waals surface area (Å²) in [7, 11) is 0. The zero-order chi connectivity index (χ0) is 11.3. The lowest BCUT2D eigenvalue weighted by Crippen LogP contribution is -2.24. The summed E-state index contributed by atoms with van der Waals surface area (Å²) in [6.07, 6.45) is 3.12. The van der Waals surface area contributed by atoms with E-state index in [1.807, 2.05) is 6.07 Å². The van der Waals surface area contributed by atoms with Gasteiger partial charge in [-0.15, -0.1) is 11.8 Å². The molecule has 0 saturated heterocycles. The van der Waals surface area contributed by atoms with Crippen LogP contribution in [0, 0.1) is 0 Å². The molecule has 0 aliphatic heterocycles. The Hall–Kier alpha value is -0.670. The van der Waals surface area contributed by atoms with Gasteiger partial charge in [0, 0.05) is 16.6 Å². The molecule has 0 aromatic heterocycles. The van der Waals surface area contributed by atoms with E-state index in [1.165, 1.54) is 10.5 Å². The molecule has 0 heterocycles. The molecule has 0 saturated carbocycles. The predicted molar refractivity (Wildman–Crippen MR) is 69.5 cm³/mol. The second kappa shape index (κ2) is 6.03. The first kappa shape index (κ1) is 12.4. The summed E-state index contributed by atoms with van der Waals surface area (Å²) in [6.45, 7) is 5.35. The maximum Gasteiger partial charge on any atom is 0.0452 e. The number of benzene rings is 1. The van der Waals surface area contributed by atoms with Crippen LogP contribution in [0.4, 0.5) is 5.69 Å². The summed E-state index contributed by atoms with van der Waals surface area (Å²) in [5, 5.41) is 3.41. The lowest BCUT2D eigenvalue weighted by molar-refractivity contribution is 0.590. The third-order valence-corrected chi connectivity index (χ3v) is 3.06. The summed E-state index contributed by atoms with van der Waals surface area (Å²) in [6, 6.07) is 6.84. The largest absolute Gasteiger partial charge is 0.398 e. The van der Waals surface area contributed by atoms with Gasteiger partial charge in [0.25, 0.3) is 0 Å². The number of anilines is 1. The van der Waals surface area contributed by atoms with Crippen LogP contribution in [-0.4, -0.2) is 18.8 Å². The van der Waals surface area contributed by atoms with Crippen molar-refractivity contribution in [3.63, 3.8) is 0 Å². The lowest BCUT2D eigenvalue weighted by atomic mass is 10.1. The first-order valence-electron chi connectivity index (χ1n) is 5.29. The molecule has 0 bridgehead atoms. The first-order valence-corrected chi connectivity index (χ1v) is 6.51. The molecular weight excluding hydrogens is 204 g/mol. The van der Waals surface area contributed by atoms with Crippen LogP contribution in [0.1, 0.15) is 19.4 Å². The van der Waals surface area contributed by atoms with Gasteiger partial charge in [-0.2, -0.15) is 0 Å². The van der Waals surface area contributed by atoms with E-state index < -0.39 is 0 Å². The molecule has 3 heteroatoms. The standard InChI is InChI=1S/C12H20N2S/c1-9(2)14-7-6-10-4-5-11(13)12(8-10)15-3/h4-5,8-9,14H,6-7,13H2,1-3H3. The van der Waals surface area contributed by atoms with Gasteiger partial charge in [0.05, 0.1) is 0 Å². The number of hydrogen-bond donors (Lipinski definition) is 2. The van der Waals surface area contributed by atoms with E-state index in [0.717, 1.165) is 18.7 Å². The van der Waals surface area contributed by atoms with E-state index in [2.05, 4.69) is 37.6 Å². The monoisotopic (exact) mass is 224 g/mol. The molecule has 0 atom stereocenters. The van der Waals surface area contributed by atoms with Gasteiger partial charge in [-0.3, -0.25) is 0 Å². The number of nitrogen functional groups attached to an aromatic ring is 1. The van der Waals surface area contributed by atoms with E-state index in [0.29, 0.717) is 6.04 Å². The van der Waals surface area contributed by atoms with Crippen molar-refractivity contribution in [3.05, 3.63) is 23.8 Å². The molecule has 0 fully saturated rings. The van der Waals surface area contributed by atoms with Crippen molar-refractivity contribution in [3.8, 4) is 0 Å². The highest BCUT2D eigenvalue weighted by atomic mass is 32.2. The maximum atomic E-state index is 5.84. The molecule has 1 aromatic carbocycles. The quantitative estimate of drug-likeness (QED) is 0.596. The van der Waals surface area contributed by atoms with Crippen LogP contribution in [0.3, 0.4) is 0 Å². The normalized spacial score (nSPS) is 10.9. The fourth-order valence-electron chi connectivity index (χ4n) is 1.42. The Morgan fingerprint density at radius 1 is 1.40 bits per heavy atom. The zero-order valence-electron chi connectivity index (χ0n) is 9.71. The topological polar surface area (TPSA) is 38.0 Å². The van der Waals surface area contributed by atoms with Crippen molar-refractivity contribution in [2.24, 2.45) is 0 Å². The van der Waals surface area contributed by atoms with Crippen molar-refractivity contribution < 1.29 is 0 Å². The molecule has 0 amide bonds. The molecule has 0 aliphatic carbocycles. The van der Waals surface area contributed by atoms with Gasteiger partial charge in [-0.25, -0.2) is 0 Å². The Morgan fingerprint density at radius 3 is 2.73 bits per heavy atom. The highest BCUT2D eigenvalue weighted by Gasteiger charge is 2.00. The zero-order valence-corrected chi connectivity index (χ0v) is 10.5. The second-order valence-electron chi connectivity index (χ2n) is 3.94. The smallest absolute Gasteiger partial charge is 0.0452 e. The average molecular weight is 224 g/mol. The number of nitrogens with two attached hydrogens (primary N) is 1. The van der Waals surface area contributed by atoms with Crippen LogP contribution in [0.25, 0.3) is 0 Å². The molecule has 0 unspecified atom stereocenters. The SMILES string of the molecule is CSc1cc(CCNC(C)C)ccc1N. The highest BCUT2D eigenvalue weighted by Crippen LogP contribution is 2.23. The number of nitrogens with one attached hydrogen (secondary N) is 1. The van der Waals surface area contributed by atoms with Gasteiger partial charge in [-0.05, 0) is 36.9 Å². The number of rotatable bonds is 5. The molecule has 84 valence electrons. The summed E-state index contributed by atoms with van der Waals surface area (Å²) >= 11 is 1.70. The Morgan fingerprint density at radius 2 is 2.13 bits per heavy atom. The van der Waals surface area contributed by atoms with Gasteiger partial charge in [0.15, 0.2) is 0 Å². The van der Waals surface area contributed by atoms with Crippen LogP contribution in [0.5, 0.6) is 0 Å². The predicted octanol–water partition coefficient (Wildman–Crippen LogP) is 2.53. The van der Waals surface area contributed by atoms with Crippen LogP contribution in [0.15, 0.2) is 23.1 Å². The third-order valence-electron chi connectivity index (χ3n) is 2.26. The fourth-order valence-corrected chi connectivity index (χ4v) is 1.99. The van der Waals surface area contributed by atoms with Crippen molar-refractivity contribution >= 4 is 17.4 Å². The Labute approximate surface area is 96.6 Å². The third kappa shape index (κ3) is 4.14. The Bertz CT molecular complexity index is 310. The average Bonchev–Trinajstić information content (AvgIpc) is 2.20. The van der Waals surface area contributed by atoms with Crippen molar-refractivity contribution in [1.29, 1.82) is 0 Å². The van der Waals surface area contributed by atoms with E-state index in [9.17, 15) is 0 Å². The van der Waals surface area contributed by atoms with E-state index in [4.69, 9.17) is 5.73 Å². The molecule has 0 spiro atoms. The van der Waals surface area contributed by atoms with Crippen molar-refractivity contribution in [1.82, 2.24) is 5.32 Å². The van der Waals surface area contributed by atoms with Crippen LogP contribution in [-0.2, 0) is 6.42 Å². The van der Waals surface area contributed by atoms with Crippen LogP contribution in [0.2, 0.25) is 0 Å². The van der Waals surface area contributed by atoms with Gasteiger partial charge in [0.2, 0.25) is 0 Å². The minimum atomic E-state index is 0.554. The van der Waals surface area contributed by atoms with Gasteiger partial charge in [-0.1, -0.05) is 19.9 Å². The molecule has 1 aromatic rings. The molecular formula is C12H20N2S. The minimum Gasteiger partial charge on any atom is -0.398 e. The van der Waals surface area contributed by atoms with E-state index in [1.54, 1.807) is 11.8 Å². The number of thioether (sulfide) groups is 1. The fraction of sp³-hybridized carbons (Fsp3) is 0.500. The van der Waals surface area contributed by atoms with Gasteiger partial charge >= 0.3 is 0 Å². The van der Waals surface area contributed by atoms with Crippen molar-refractivity contribution in [2.45, 2.75) is 31.2 Å². The Balaban J connectivity index is 2.54. The first-order chi connectivity index (χ1) is 7.13. The molecule has 3 N–H and O–H groups in total. The second-order valence-corrected chi connectivity index (χ2v) is 4.78. The van der Waals surface area contributed by atoms with Gasteiger partial charge < -0.3 is 11.1 Å². The molecule has 15 heavy (non-hydrogen) atoms. The van der Waals surface area contributed by atoms with Crippen LogP contribution < -0.4 is 11.1 Å². The molecule has 0 aliphatic rings. The minimum absolute atomic E-state index is 0.554. The summed E-state index contributed by atoms with van der Waals surface area (Å²) in [4.78, 5) is 1.18. The van der Waals surface area contributed by atoms with Crippen LogP contribution >= 0.6 is 11.8 Å². The molecule has 1 rings (SSSR count). The summed E-state index contributed by atoms with van der Waals surface area (Å²) in [5.74, 6) is 0.